The lowest BCUT2D eigenvalue weighted by atomic mass is 10.0. The van der Waals surface area contributed by atoms with Crippen molar-refractivity contribution in [1.82, 2.24) is 0 Å². The highest BCUT2D eigenvalue weighted by Crippen LogP contribution is 2.35. The summed E-state index contributed by atoms with van der Waals surface area (Å²) in [4.78, 5) is 0. The van der Waals surface area contributed by atoms with Crippen molar-refractivity contribution >= 4 is 9.84 Å². The molecule has 0 aliphatic rings. The fraction of sp³-hybridized carbons (Fsp3) is 0.500. The summed E-state index contributed by atoms with van der Waals surface area (Å²) in [5.41, 5.74) is 6.61. The Morgan fingerprint density at radius 3 is 1.94 bits per heavy atom. The van der Waals surface area contributed by atoms with Crippen LogP contribution in [0.3, 0.4) is 0 Å². The van der Waals surface area contributed by atoms with Crippen LogP contribution in [0.15, 0.2) is 18.2 Å². The molecule has 0 aliphatic carbocycles. The summed E-state index contributed by atoms with van der Waals surface area (Å²) in [6.07, 6.45) is 1.17. The lowest BCUT2D eigenvalue weighted by Crippen LogP contribution is -2.31. The van der Waals surface area contributed by atoms with Crippen LogP contribution in [0, 0.1) is 0 Å². The van der Waals surface area contributed by atoms with E-state index in [1.54, 1.807) is 25.1 Å². The van der Waals surface area contributed by atoms with Gasteiger partial charge in [-0.1, -0.05) is 6.07 Å². The molecule has 0 saturated carbocycles. The molecule has 2 N–H and O–H groups in total. The van der Waals surface area contributed by atoms with Crippen molar-refractivity contribution in [2.24, 2.45) is 5.73 Å². The topological polar surface area (TPSA) is 78.6 Å². The fourth-order valence-corrected chi connectivity index (χ4v) is 2.38. The average molecular weight is 273 g/mol. The molecular weight excluding hydrogens is 254 g/mol. The third-order valence-electron chi connectivity index (χ3n) is 2.98. The zero-order valence-corrected chi connectivity index (χ0v) is 11.8. The fourth-order valence-electron chi connectivity index (χ4n) is 1.71. The van der Waals surface area contributed by atoms with Gasteiger partial charge >= 0.3 is 0 Å². The van der Waals surface area contributed by atoms with Crippen molar-refractivity contribution in [3.63, 3.8) is 0 Å². The van der Waals surface area contributed by atoms with Crippen molar-refractivity contribution in [3.8, 4) is 11.5 Å². The second-order valence-corrected chi connectivity index (χ2v) is 6.54. The van der Waals surface area contributed by atoms with Crippen LogP contribution in [-0.2, 0) is 9.84 Å². The predicted molar refractivity (Wildman–Crippen MR) is 70.8 cm³/mol. The van der Waals surface area contributed by atoms with Crippen molar-refractivity contribution < 1.29 is 17.9 Å². The molecule has 6 heteroatoms. The summed E-state index contributed by atoms with van der Waals surface area (Å²) in [6, 6.07) is 4.52. The van der Waals surface area contributed by atoms with Crippen molar-refractivity contribution in [2.75, 3.05) is 20.5 Å². The Bertz CT molecular complexity index is 491. The molecule has 0 spiro atoms. The van der Waals surface area contributed by atoms with Gasteiger partial charge in [-0.15, -0.1) is 0 Å². The Hall–Kier alpha value is -1.27. The first-order valence-electron chi connectivity index (χ1n) is 5.48. The number of sulfone groups is 1. The van der Waals surface area contributed by atoms with Crippen LogP contribution in [0.5, 0.6) is 11.5 Å². The zero-order chi connectivity index (χ0) is 13.9. The molecule has 2 atom stereocenters. The van der Waals surface area contributed by atoms with E-state index >= 15 is 0 Å². The van der Waals surface area contributed by atoms with Gasteiger partial charge in [-0.3, -0.25) is 0 Å². The van der Waals surface area contributed by atoms with Gasteiger partial charge in [0, 0.05) is 6.26 Å². The van der Waals surface area contributed by atoms with Crippen molar-refractivity contribution in [1.29, 1.82) is 0 Å². The van der Waals surface area contributed by atoms with Crippen LogP contribution < -0.4 is 15.2 Å². The third kappa shape index (κ3) is 2.94. The molecule has 0 amide bonds. The van der Waals surface area contributed by atoms with Crippen LogP contribution >= 0.6 is 0 Å². The number of nitrogens with two attached hydrogens (primary N) is 1. The molecule has 1 aromatic rings. The summed E-state index contributed by atoms with van der Waals surface area (Å²) < 4.78 is 33.6. The standard InChI is InChI=1S/C12H19NO4S/c1-8(18(4,14)15)12(13)11-9(16-2)6-5-7-10(11)17-3/h5-8,12H,13H2,1-4H3. The third-order valence-corrected chi connectivity index (χ3v) is 4.62. The molecule has 0 saturated heterocycles. The highest BCUT2D eigenvalue weighted by molar-refractivity contribution is 7.91. The van der Waals surface area contributed by atoms with Crippen LogP contribution in [0.25, 0.3) is 0 Å². The maximum Gasteiger partial charge on any atom is 0.151 e. The largest absolute Gasteiger partial charge is 0.496 e. The number of rotatable bonds is 5. The summed E-state index contributed by atoms with van der Waals surface area (Å²) in [6.45, 7) is 1.58. The Kier molecular flexibility index (Phi) is 4.59. The summed E-state index contributed by atoms with van der Waals surface area (Å²) in [7, 11) is -0.216. The summed E-state index contributed by atoms with van der Waals surface area (Å²) >= 11 is 0. The summed E-state index contributed by atoms with van der Waals surface area (Å²) in [5.74, 6) is 1.05. The van der Waals surface area contributed by atoms with E-state index in [2.05, 4.69) is 0 Å². The first-order valence-corrected chi connectivity index (χ1v) is 7.43. The van der Waals surface area contributed by atoms with Crippen LogP contribution in [-0.4, -0.2) is 34.1 Å². The molecule has 18 heavy (non-hydrogen) atoms. The minimum atomic E-state index is -3.24. The monoisotopic (exact) mass is 273 g/mol. The van der Waals surface area contributed by atoms with Gasteiger partial charge in [0.15, 0.2) is 9.84 Å². The molecule has 1 rings (SSSR count). The first-order chi connectivity index (χ1) is 8.32. The van der Waals surface area contributed by atoms with Crippen molar-refractivity contribution in [3.05, 3.63) is 23.8 Å². The highest BCUT2D eigenvalue weighted by Gasteiger charge is 2.28. The van der Waals surface area contributed by atoms with Gasteiger partial charge in [0.25, 0.3) is 0 Å². The average Bonchev–Trinajstić information content (AvgIpc) is 2.34. The van der Waals surface area contributed by atoms with E-state index in [-0.39, 0.29) is 0 Å². The lowest BCUT2D eigenvalue weighted by molar-refractivity contribution is 0.378. The number of methoxy groups -OCH3 is 2. The van der Waals surface area contributed by atoms with E-state index in [0.717, 1.165) is 0 Å². The second kappa shape index (κ2) is 5.58. The predicted octanol–water partition coefficient (Wildman–Crippen LogP) is 1.14. The Morgan fingerprint density at radius 1 is 1.17 bits per heavy atom. The normalized spacial score (nSPS) is 14.9. The Labute approximate surface area is 108 Å². The van der Waals surface area contributed by atoms with E-state index in [9.17, 15) is 8.42 Å². The van der Waals surface area contributed by atoms with Gasteiger partial charge in [-0.2, -0.15) is 0 Å². The van der Waals surface area contributed by atoms with E-state index in [1.807, 2.05) is 0 Å². The maximum absolute atomic E-state index is 11.6. The smallest absolute Gasteiger partial charge is 0.151 e. The van der Waals surface area contributed by atoms with E-state index in [0.29, 0.717) is 17.1 Å². The molecule has 1 aromatic carbocycles. The van der Waals surface area contributed by atoms with E-state index < -0.39 is 21.1 Å². The maximum atomic E-state index is 11.6. The summed E-state index contributed by atoms with van der Waals surface area (Å²) in [5, 5.41) is -0.720. The molecule has 0 bridgehead atoms. The molecule has 0 aromatic heterocycles. The van der Waals surface area contributed by atoms with E-state index in [4.69, 9.17) is 15.2 Å². The number of hydrogen-bond donors (Lipinski definition) is 1. The van der Waals surface area contributed by atoms with Gasteiger partial charge in [-0.25, -0.2) is 8.42 Å². The molecular formula is C12H19NO4S. The molecule has 0 heterocycles. The first kappa shape index (κ1) is 14.8. The van der Waals surface area contributed by atoms with Crippen LogP contribution in [0.4, 0.5) is 0 Å². The second-order valence-electron chi connectivity index (χ2n) is 4.14. The zero-order valence-electron chi connectivity index (χ0n) is 11.0. The molecule has 2 unspecified atom stereocenters. The van der Waals surface area contributed by atoms with Gasteiger partial charge in [0.05, 0.1) is 31.1 Å². The number of benzene rings is 1. The van der Waals surface area contributed by atoms with Gasteiger partial charge in [0.2, 0.25) is 0 Å². The molecule has 0 aliphatic heterocycles. The minimum Gasteiger partial charge on any atom is -0.496 e. The molecule has 0 fully saturated rings. The highest BCUT2D eigenvalue weighted by atomic mass is 32.2. The van der Waals surface area contributed by atoms with Crippen LogP contribution in [0.2, 0.25) is 0 Å². The van der Waals surface area contributed by atoms with Gasteiger partial charge in [-0.05, 0) is 19.1 Å². The Morgan fingerprint density at radius 2 is 1.61 bits per heavy atom. The van der Waals surface area contributed by atoms with E-state index in [1.165, 1.54) is 20.5 Å². The number of hydrogen-bond acceptors (Lipinski definition) is 5. The SMILES string of the molecule is COc1cccc(OC)c1C(N)C(C)S(C)(=O)=O. The lowest BCUT2D eigenvalue weighted by Gasteiger charge is -2.22. The van der Waals surface area contributed by atoms with Gasteiger partial charge < -0.3 is 15.2 Å². The minimum absolute atomic E-state index is 0.525. The number of ether oxygens (including phenoxy) is 2. The Balaban J connectivity index is 3.31. The van der Waals surface area contributed by atoms with Crippen LogP contribution in [0.1, 0.15) is 18.5 Å². The molecule has 5 nitrogen and oxygen atoms in total. The quantitative estimate of drug-likeness (QED) is 0.870. The van der Waals surface area contributed by atoms with Crippen molar-refractivity contribution in [2.45, 2.75) is 18.2 Å². The molecule has 102 valence electrons. The molecule has 0 radical (unpaired) electrons. The van der Waals surface area contributed by atoms with Gasteiger partial charge in [0.1, 0.15) is 11.5 Å².